The van der Waals surface area contributed by atoms with E-state index in [9.17, 15) is 0 Å². The quantitative estimate of drug-likeness (QED) is 0.768. The number of rotatable bonds is 5. The molecule has 0 spiro atoms. The first kappa shape index (κ1) is 16.9. The fourth-order valence-corrected chi connectivity index (χ4v) is 3.61. The Kier molecular flexibility index (Phi) is 5.09. The fourth-order valence-electron chi connectivity index (χ4n) is 3.61. The van der Waals surface area contributed by atoms with Crippen LogP contribution in [-0.2, 0) is 17.7 Å². The van der Waals surface area contributed by atoms with Crippen molar-refractivity contribution < 1.29 is 4.74 Å². The zero-order valence-corrected chi connectivity index (χ0v) is 14.8. The van der Waals surface area contributed by atoms with E-state index in [0.29, 0.717) is 5.82 Å². The molecule has 4 rings (SSSR count). The summed E-state index contributed by atoms with van der Waals surface area (Å²) in [6.45, 7) is 3.64. The standard InChI is InChI=1S/C21H24N4O/c22-21-13-16(7-9-24-21)5-6-18-15-25(11-12-26-18)14-17-8-10-23-20-4-2-1-3-19(17)20/h1-4,7-10,13,18H,5-6,11-12,14-15H2,(H2,22,24)/t18-/m0/s1. The summed E-state index contributed by atoms with van der Waals surface area (Å²) in [7, 11) is 0. The summed E-state index contributed by atoms with van der Waals surface area (Å²) in [5.41, 5.74) is 9.38. The average molecular weight is 348 g/mol. The number of nitrogen functional groups attached to an aromatic ring is 1. The van der Waals surface area contributed by atoms with Gasteiger partial charge in [0.05, 0.1) is 18.2 Å². The molecule has 0 bridgehead atoms. The molecule has 134 valence electrons. The highest BCUT2D eigenvalue weighted by Gasteiger charge is 2.21. The predicted molar refractivity (Wildman–Crippen MR) is 104 cm³/mol. The fraction of sp³-hybridized carbons (Fsp3) is 0.333. The summed E-state index contributed by atoms with van der Waals surface area (Å²) in [5, 5.41) is 1.24. The molecule has 1 saturated heterocycles. The highest BCUT2D eigenvalue weighted by Crippen LogP contribution is 2.20. The van der Waals surface area contributed by atoms with Crippen molar-refractivity contribution >= 4 is 16.7 Å². The van der Waals surface area contributed by atoms with Gasteiger partial charge in [0.2, 0.25) is 0 Å². The number of ether oxygens (including phenoxy) is 1. The second-order valence-electron chi connectivity index (χ2n) is 6.84. The van der Waals surface area contributed by atoms with Crippen molar-refractivity contribution in [3.8, 4) is 0 Å². The SMILES string of the molecule is Nc1cc(CC[C@H]2CN(Cc3ccnc4ccccc34)CCO2)ccn1. The number of aromatic nitrogens is 2. The number of benzene rings is 1. The van der Waals surface area contributed by atoms with E-state index in [1.807, 2.05) is 24.4 Å². The molecule has 5 heteroatoms. The number of hydrogen-bond acceptors (Lipinski definition) is 5. The number of nitrogens with two attached hydrogens (primary N) is 1. The van der Waals surface area contributed by atoms with E-state index in [-0.39, 0.29) is 6.10 Å². The van der Waals surface area contributed by atoms with Crippen LogP contribution in [0.25, 0.3) is 10.9 Å². The molecule has 1 aliphatic rings. The third-order valence-corrected chi connectivity index (χ3v) is 4.96. The van der Waals surface area contributed by atoms with E-state index in [1.165, 1.54) is 16.5 Å². The minimum atomic E-state index is 0.256. The molecular formula is C21H24N4O. The Balaban J connectivity index is 1.39. The molecule has 1 aromatic carbocycles. The third-order valence-electron chi connectivity index (χ3n) is 4.96. The Morgan fingerprint density at radius 3 is 2.92 bits per heavy atom. The minimum Gasteiger partial charge on any atom is -0.384 e. The van der Waals surface area contributed by atoms with Gasteiger partial charge in [-0.2, -0.15) is 0 Å². The van der Waals surface area contributed by atoms with Gasteiger partial charge in [-0.1, -0.05) is 18.2 Å². The van der Waals surface area contributed by atoms with Crippen LogP contribution < -0.4 is 5.73 Å². The smallest absolute Gasteiger partial charge is 0.123 e. The van der Waals surface area contributed by atoms with E-state index in [0.717, 1.165) is 44.6 Å². The number of pyridine rings is 2. The summed E-state index contributed by atoms with van der Waals surface area (Å²) in [6, 6.07) is 14.5. The number of aryl methyl sites for hydroxylation is 1. The summed E-state index contributed by atoms with van der Waals surface area (Å²) in [5.74, 6) is 0.582. The number of anilines is 1. The lowest BCUT2D eigenvalue weighted by Crippen LogP contribution is -2.42. The Morgan fingerprint density at radius 1 is 1.12 bits per heavy atom. The first-order valence-corrected chi connectivity index (χ1v) is 9.15. The van der Waals surface area contributed by atoms with E-state index in [1.54, 1.807) is 6.20 Å². The zero-order chi connectivity index (χ0) is 17.8. The van der Waals surface area contributed by atoms with E-state index in [2.05, 4.69) is 39.1 Å². The molecule has 5 nitrogen and oxygen atoms in total. The molecular weight excluding hydrogens is 324 g/mol. The lowest BCUT2D eigenvalue weighted by molar-refractivity contribution is -0.0344. The van der Waals surface area contributed by atoms with Crippen LogP contribution in [0.5, 0.6) is 0 Å². The largest absolute Gasteiger partial charge is 0.384 e. The number of fused-ring (bicyclic) bond motifs is 1. The molecule has 2 aromatic heterocycles. The van der Waals surface area contributed by atoms with Crippen molar-refractivity contribution in [3.63, 3.8) is 0 Å². The Bertz CT molecular complexity index is 877. The maximum atomic E-state index is 5.98. The second kappa shape index (κ2) is 7.81. The van der Waals surface area contributed by atoms with Crippen molar-refractivity contribution in [1.29, 1.82) is 0 Å². The van der Waals surface area contributed by atoms with Gasteiger partial charge < -0.3 is 10.5 Å². The van der Waals surface area contributed by atoms with E-state index >= 15 is 0 Å². The Labute approximate surface area is 153 Å². The molecule has 0 unspecified atom stereocenters. The van der Waals surface area contributed by atoms with Gasteiger partial charge in [0.25, 0.3) is 0 Å². The molecule has 1 atom stereocenters. The van der Waals surface area contributed by atoms with Gasteiger partial charge >= 0.3 is 0 Å². The normalized spacial score (nSPS) is 18.2. The second-order valence-corrected chi connectivity index (χ2v) is 6.84. The first-order valence-electron chi connectivity index (χ1n) is 9.15. The minimum absolute atomic E-state index is 0.256. The van der Waals surface area contributed by atoms with Gasteiger partial charge in [0.1, 0.15) is 5.82 Å². The van der Waals surface area contributed by atoms with E-state index < -0.39 is 0 Å². The van der Waals surface area contributed by atoms with Crippen molar-refractivity contribution in [2.45, 2.75) is 25.5 Å². The number of para-hydroxylation sites is 1. The summed E-state index contributed by atoms with van der Waals surface area (Å²) < 4.78 is 5.98. The summed E-state index contributed by atoms with van der Waals surface area (Å²) in [4.78, 5) is 11.0. The number of morpholine rings is 1. The van der Waals surface area contributed by atoms with Gasteiger partial charge in [-0.05, 0) is 48.2 Å². The van der Waals surface area contributed by atoms with Crippen LogP contribution in [0.15, 0.2) is 54.9 Å². The first-order chi connectivity index (χ1) is 12.8. The van der Waals surface area contributed by atoms with Crippen LogP contribution in [0, 0.1) is 0 Å². The highest BCUT2D eigenvalue weighted by atomic mass is 16.5. The van der Waals surface area contributed by atoms with Crippen molar-refractivity contribution in [2.75, 3.05) is 25.4 Å². The summed E-state index contributed by atoms with van der Waals surface area (Å²) >= 11 is 0. The van der Waals surface area contributed by atoms with Crippen molar-refractivity contribution in [3.05, 3.63) is 66.0 Å². The van der Waals surface area contributed by atoms with Crippen molar-refractivity contribution in [1.82, 2.24) is 14.9 Å². The Hall–Kier alpha value is -2.50. The van der Waals surface area contributed by atoms with Crippen LogP contribution >= 0.6 is 0 Å². The van der Waals surface area contributed by atoms with Gasteiger partial charge in [0.15, 0.2) is 0 Å². The maximum Gasteiger partial charge on any atom is 0.123 e. The molecule has 1 fully saturated rings. The van der Waals surface area contributed by atoms with E-state index in [4.69, 9.17) is 10.5 Å². The molecule has 3 aromatic rings. The van der Waals surface area contributed by atoms with Crippen LogP contribution in [-0.4, -0.2) is 40.7 Å². The molecule has 3 heterocycles. The molecule has 0 saturated carbocycles. The highest BCUT2D eigenvalue weighted by molar-refractivity contribution is 5.81. The Morgan fingerprint density at radius 2 is 2.00 bits per heavy atom. The predicted octanol–water partition coefficient (Wildman–Crippen LogP) is 3.05. The van der Waals surface area contributed by atoms with Gasteiger partial charge in [-0.25, -0.2) is 4.98 Å². The lowest BCUT2D eigenvalue weighted by atomic mass is 10.1. The molecule has 0 amide bonds. The topological polar surface area (TPSA) is 64.3 Å². The molecule has 26 heavy (non-hydrogen) atoms. The maximum absolute atomic E-state index is 5.98. The monoisotopic (exact) mass is 348 g/mol. The molecule has 0 aliphatic carbocycles. The number of hydrogen-bond donors (Lipinski definition) is 1. The van der Waals surface area contributed by atoms with Crippen LogP contribution in [0.1, 0.15) is 17.5 Å². The average Bonchev–Trinajstić information content (AvgIpc) is 2.67. The molecule has 1 aliphatic heterocycles. The van der Waals surface area contributed by atoms with Crippen LogP contribution in [0.3, 0.4) is 0 Å². The van der Waals surface area contributed by atoms with Crippen LogP contribution in [0.2, 0.25) is 0 Å². The molecule has 2 N–H and O–H groups in total. The third kappa shape index (κ3) is 4.00. The van der Waals surface area contributed by atoms with Gasteiger partial charge in [-0.3, -0.25) is 9.88 Å². The van der Waals surface area contributed by atoms with Crippen LogP contribution in [0.4, 0.5) is 5.82 Å². The molecule has 0 radical (unpaired) electrons. The summed E-state index contributed by atoms with van der Waals surface area (Å²) in [6.07, 6.45) is 5.89. The van der Waals surface area contributed by atoms with Crippen molar-refractivity contribution in [2.24, 2.45) is 0 Å². The zero-order valence-electron chi connectivity index (χ0n) is 14.8. The number of nitrogens with zero attached hydrogens (tertiary/aromatic N) is 3. The van der Waals surface area contributed by atoms with Gasteiger partial charge in [0, 0.05) is 37.4 Å². The lowest BCUT2D eigenvalue weighted by Gasteiger charge is -2.33. The van der Waals surface area contributed by atoms with Gasteiger partial charge in [-0.15, -0.1) is 0 Å².